The summed E-state index contributed by atoms with van der Waals surface area (Å²) in [4.78, 5) is 19.0. The van der Waals surface area contributed by atoms with E-state index in [1.54, 1.807) is 6.20 Å². The van der Waals surface area contributed by atoms with E-state index in [9.17, 15) is 4.79 Å². The van der Waals surface area contributed by atoms with E-state index in [-0.39, 0.29) is 11.9 Å². The molecule has 6 nitrogen and oxygen atoms in total. The van der Waals surface area contributed by atoms with Gasteiger partial charge in [-0.2, -0.15) is 5.10 Å². The molecule has 2 aromatic heterocycles. The maximum absolute atomic E-state index is 12.7. The number of aryl methyl sites for hydroxylation is 2. The quantitative estimate of drug-likeness (QED) is 0.916. The number of rotatable bonds is 5. The second-order valence-electron chi connectivity index (χ2n) is 6.35. The predicted molar refractivity (Wildman–Crippen MR) is 93.7 cm³/mol. The molecule has 1 aliphatic heterocycles. The van der Waals surface area contributed by atoms with E-state index >= 15 is 0 Å². The van der Waals surface area contributed by atoms with Crippen LogP contribution < -0.4 is 5.32 Å². The van der Waals surface area contributed by atoms with Crippen LogP contribution in [0.2, 0.25) is 0 Å². The number of hydrogen-bond donors (Lipinski definition) is 1. The van der Waals surface area contributed by atoms with Gasteiger partial charge in [-0.3, -0.25) is 9.48 Å². The van der Waals surface area contributed by atoms with Gasteiger partial charge in [0.25, 0.3) is 0 Å². The van der Waals surface area contributed by atoms with Crippen LogP contribution in [-0.2, 0) is 18.3 Å². The van der Waals surface area contributed by atoms with E-state index in [0.717, 1.165) is 48.4 Å². The summed E-state index contributed by atoms with van der Waals surface area (Å²) in [5, 5.41) is 7.32. The fraction of sp³-hybridized carbons (Fsp3) is 0.500. The van der Waals surface area contributed by atoms with E-state index < -0.39 is 0 Å². The molecule has 0 bridgehead atoms. The molecule has 1 saturated heterocycles. The lowest BCUT2D eigenvalue weighted by molar-refractivity contribution is -0.132. The van der Waals surface area contributed by atoms with Crippen molar-refractivity contribution in [1.29, 1.82) is 0 Å². The van der Waals surface area contributed by atoms with Gasteiger partial charge < -0.3 is 10.2 Å². The summed E-state index contributed by atoms with van der Waals surface area (Å²) in [6.07, 6.45) is 7.03. The number of carbonyl (C=O) groups is 1. The summed E-state index contributed by atoms with van der Waals surface area (Å²) in [6, 6.07) is 4.23. The van der Waals surface area contributed by atoms with Crippen molar-refractivity contribution in [2.24, 2.45) is 7.05 Å². The molecule has 0 aliphatic carbocycles. The third kappa shape index (κ3) is 3.27. The van der Waals surface area contributed by atoms with Crippen molar-refractivity contribution < 1.29 is 4.79 Å². The van der Waals surface area contributed by atoms with E-state index in [1.165, 1.54) is 0 Å². The molecule has 0 aromatic carbocycles. The highest BCUT2D eigenvalue weighted by atomic mass is 16.2. The number of nitrogens with one attached hydrogen (secondary N) is 1. The maximum atomic E-state index is 12.7. The molecule has 1 aliphatic rings. The van der Waals surface area contributed by atoms with Crippen molar-refractivity contribution in [3.8, 4) is 0 Å². The van der Waals surface area contributed by atoms with Crippen molar-refractivity contribution in [2.45, 2.75) is 38.6 Å². The van der Waals surface area contributed by atoms with Gasteiger partial charge in [0.2, 0.25) is 5.91 Å². The number of anilines is 1. The molecule has 0 unspecified atom stereocenters. The summed E-state index contributed by atoms with van der Waals surface area (Å²) in [6.45, 7) is 2.88. The Kier molecular flexibility index (Phi) is 4.83. The highest BCUT2D eigenvalue weighted by Crippen LogP contribution is 2.33. The molecular formula is C18H25N5O. The molecule has 1 fully saturated rings. The summed E-state index contributed by atoms with van der Waals surface area (Å²) in [5.74, 6) is 1.07. The highest BCUT2D eigenvalue weighted by Gasteiger charge is 2.29. The zero-order chi connectivity index (χ0) is 17.1. The molecule has 6 heteroatoms. The van der Waals surface area contributed by atoms with Crippen molar-refractivity contribution in [3.63, 3.8) is 0 Å². The lowest BCUT2D eigenvalue weighted by atomic mass is 10.0. The van der Waals surface area contributed by atoms with Crippen LogP contribution >= 0.6 is 0 Å². The molecule has 0 radical (unpaired) electrons. The Bertz CT molecular complexity index is 724. The summed E-state index contributed by atoms with van der Waals surface area (Å²) >= 11 is 0. The highest BCUT2D eigenvalue weighted by molar-refractivity contribution is 5.77. The van der Waals surface area contributed by atoms with E-state index in [1.807, 2.05) is 48.9 Å². The minimum absolute atomic E-state index is 0.169. The normalized spacial score (nSPS) is 17.3. The third-order valence-electron chi connectivity index (χ3n) is 4.94. The van der Waals surface area contributed by atoms with Gasteiger partial charge >= 0.3 is 0 Å². The number of aromatic nitrogens is 3. The average molecular weight is 327 g/mol. The van der Waals surface area contributed by atoms with Crippen LogP contribution in [0.5, 0.6) is 0 Å². The molecular weight excluding hydrogens is 302 g/mol. The van der Waals surface area contributed by atoms with E-state index in [2.05, 4.69) is 15.4 Å². The third-order valence-corrected chi connectivity index (χ3v) is 4.94. The molecule has 24 heavy (non-hydrogen) atoms. The molecule has 3 rings (SSSR count). The van der Waals surface area contributed by atoms with Gasteiger partial charge in [0.05, 0.1) is 12.2 Å². The first-order valence-corrected chi connectivity index (χ1v) is 8.51. The van der Waals surface area contributed by atoms with Gasteiger partial charge in [0, 0.05) is 39.0 Å². The summed E-state index contributed by atoms with van der Waals surface area (Å²) in [5.41, 5.74) is 3.45. The van der Waals surface area contributed by atoms with Gasteiger partial charge in [0.15, 0.2) is 0 Å². The second-order valence-corrected chi connectivity index (χ2v) is 6.35. The number of amides is 1. The monoisotopic (exact) mass is 327 g/mol. The summed E-state index contributed by atoms with van der Waals surface area (Å²) < 4.78 is 1.86. The fourth-order valence-corrected chi connectivity index (χ4v) is 3.38. The number of likely N-dealkylation sites (tertiary alicyclic amines) is 1. The molecule has 2 aromatic rings. The Morgan fingerprint density at radius 1 is 1.46 bits per heavy atom. The first-order chi connectivity index (χ1) is 11.6. The smallest absolute Gasteiger partial charge is 0.223 e. The molecule has 0 saturated carbocycles. The van der Waals surface area contributed by atoms with Crippen LogP contribution in [0.3, 0.4) is 0 Å². The predicted octanol–water partition coefficient (Wildman–Crippen LogP) is 2.46. The first kappa shape index (κ1) is 16.5. The molecule has 3 heterocycles. The van der Waals surface area contributed by atoms with Crippen molar-refractivity contribution >= 4 is 11.7 Å². The fourth-order valence-electron chi connectivity index (χ4n) is 3.38. The minimum atomic E-state index is 0.169. The van der Waals surface area contributed by atoms with Gasteiger partial charge in [0.1, 0.15) is 5.82 Å². The second kappa shape index (κ2) is 7.03. The maximum Gasteiger partial charge on any atom is 0.223 e. The molecule has 0 spiro atoms. The lowest BCUT2D eigenvalue weighted by Crippen LogP contribution is -2.30. The van der Waals surface area contributed by atoms with Gasteiger partial charge in [-0.25, -0.2) is 4.98 Å². The van der Waals surface area contributed by atoms with Crippen LogP contribution in [-0.4, -0.2) is 39.2 Å². The lowest BCUT2D eigenvalue weighted by Gasteiger charge is -2.25. The minimum Gasteiger partial charge on any atom is -0.373 e. The number of hydrogen-bond acceptors (Lipinski definition) is 4. The largest absolute Gasteiger partial charge is 0.373 e. The van der Waals surface area contributed by atoms with Crippen molar-refractivity contribution in [3.05, 3.63) is 41.3 Å². The Balaban J connectivity index is 1.68. The van der Waals surface area contributed by atoms with Crippen LogP contribution in [0.1, 0.15) is 42.1 Å². The zero-order valence-electron chi connectivity index (χ0n) is 14.6. The Hall–Kier alpha value is -2.37. The van der Waals surface area contributed by atoms with Crippen LogP contribution in [0.15, 0.2) is 24.5 Å². The van der Waals surface area contributed by atoms with Crippen molar-refractivity contribution in [2.75, 3.05) is 18.9 Å². The first-order valence-electron chi connectivity index (χ1n) is 8.51. The number of nitrogens with zero attached hydrogens (tertiary/aromatic N) is 4. The Morgan fingerprint density at radius 3 is 3.00 bits per heavy atom. The number of pyridine rings is 1. The van der Waals surface area contributed by atoms with Gasteiger partial charge in [-0.1, -0.05) is 0 Å². The van der Waals surface area contributed by atoms with Crippen molar-refractivity contribution in [1.82, 2.24) is 19.7 Å². The van der Waals surface area contributed by atoms with Gasteiger partial charge in [-0.15, -0.1) is 0 Å². The van der Waals surface area contributed by atoms with Crippen LogP contribution in [0, 0.1) is 6.92 Å². The topological polar surface area (TPSA) is 63.1 Å². The van der Waals surface area contributed by atoms with Gasteiger partial charge in [-0.05, 0) is 49.4 Å². The molecule has 1 amide bonds. The molecule has 1 atom stereocenters. The zero-order valence-corrected chi connectivity index (χ0v) is 14.6. The standard InChI is InChI=1S/C18H25N5O/c1-13-15(12-21-22(13)3)6-7-18(24)23-10-4-5-16(23)14-8-9-20-17(11-14)19-2/h8-9,11-12,16H,4-7,10H2,1-3H3,(H,19,20)/t16-/m1/s1. The van der Waals surface area contributed by atoms with E-state index in [0.29, 0.717) is 6.42 Å². The van der Waals surface area contributed by atoms with E-state index in [4.69, 9.17) is 0 Å². The average Bonchev–Trinajstić information content (AvgIpc) is 3.21. The Morgan fingerprint density at radius 2 is 2.29 bits per heavy atom. The van der Waals surface area contributed by atoms with Crippen LogP contribution in [0.4, 0.5) is 5.82 Å². The molecule has 1 N–H and O–H groups in total. The Labute approximate surface area is 142 Å². The summed E-state index contributed by atoms with van der Waals surface area (Å²) in [7, 11) is 3.79. The SMILES string of the molecule is CNc1cc([C@H]2CCCN2C(=O)CCc2cnn(C)c2C)ccn1. The molecule has 128 valence electrons. The van der Waals surface area contributed by atoms with Crippen LogP contribution in [0.25, 0.3) is 0 Å². The number of carbonyl (C=O) groups excluding carboxylic acids is 1.